The maximum absolute atomic E-state index is 14.1. The summed E-state index contributed by atoms with van der Waals surface area (Å²) in [6.07, 6.45) is 0. The topological polar surface area (TPSA) is 103 Å². The Bertz CT molecular complexity index is 731. The number of carbonyl (C=O) groups excluding carboxylic acids is 1. The van der Waals surface area contributed by atoms with Crippen molar-refractivity contribution in [1.29, 1.82) is 0 Å². The normalized spacial score (nSPS) is 10.2. The van der Waals surface area contributed by atoms with Gasteiger partial charge < -0.3 is 15.6 Å². The SMILES string of the molecule is COC(=O)c1ccc(-c2ccc(N)nc2C(=O)O)c(F)c1. The molecule has 0 unspecified atom stereocenters. The Morgan fingerprint density at radius 3 is 2.48 bits per heavy atom. The number of esters is 1. The standard InChI is InChI=1S/C14H11FN2O4/c1-21-14(20)7-2-3-8(10(15)6-7)9-4-5-11(16)17-12(9)13(18)19/h2-6H,1H3,(H2,16,17)(H,18,19). The number of carboxylic acid groups (broad SMARTS) is 1. The van der Waals surface area contributed by atoms with Gasteiger partial charge in [0.15, 0.2) is 5.69 Å². The van der Waals surface area contributed by atoms with Gasteiger partial charge in [-0.25, -0.2) is 19.0 Å². The highest BCUT2D eigenvalue weighted by Crippen LogP contribution is 2.27. The van der Waals surface area contributed by atoms with E-state index in [1.807, 2.05) is 0 Å². The van der Waals surface area contributed by atoms with Gasteiger partial charge >= 0.3 is 11.9 Å². The van der Waals surface area contributed by atoms with Crippen LogP contribution in [0.3, 0.4) is 0 Å². The number of carboxylic acids is 1. The maximum Gasteiger partial charge on any atom is 0.355 e. The Balaban J connectivity index is 2.58. The van der Waals surface area contributed by atoms with E-state index in [1.165, 1.54) is 31.4 Å². The van der Waals surface area contributed by atoms with E-state index in [0.717, 1.165) is 6.07 Å². The van der Waals surface area contributed by atoms with Crippen LogP contribution < -0.4 is 5.73 Å². The first-order valence-corrected chi connectivity index (χ1v) is 5.82. The van der Waals surface area contributed by atoms with Crippen molar-refractivity contribution in [3.8, 4) is 11.1 Å². The van der Waals surface area contributed by atoms with Gasteiger partial charge in [0, 0.05) is 11.1 Å². The molecule has 108 valence electrons. The van der Waals surface area contributed by atoms with Gasteiger partial charge in [-0.15, -0.1) is 0 Å². The van der Waals surface area contributed by atoms with Crippen molar-refractivity contribution in [3.05, 3.63) is 47.4 Å². The summed E-state index contributed by atoms with van der Waals surface area (Å²) in [5.74, 6) is -2.75. The van der Waals surface area contributed by atoms with Crippen LogP contribution in [0.5, 0.6) is 0 Å². The highest BCUT2D eigenvalue weighted by Gasteiger charge is 2.18. The minimum atomic E-state index is -1.33. The number of nitrogens with two attached hydrogens (primary N) is 1. The zero-order valence-corrected chi connectivity index (χ0v) is 11.0. The van der Waals surface area contributed by atoms with Crippen LogP contribution in [-0.2, 0) is 4.74 Å². The third-order valence-electron chi connectivity index (χ3n) is 2.80. The number of rotatable bonds is 3. The van der Waals surface area contributed by atoms with E-state index in [9.17, 15) is 14.0 Å². The number of hydrogen-bond donors (Lipinski definition) is 2. The zero-order valence-electron chi connectivity index (χ0n) is 11.0. The lowest BCUT2D eigenvalue weighted by Gasteiger charge is -2.08. The van der Waals surface area contributed by atoms with Crippen molar-refractivity contribution in [3.63, 3.8) is 0 Å². The minimum absolute atomic E-state index is 0.00699. The molecule has 7 heteroatoms. The van der Waals surface area contributed by atoms with Crippen LogP contribution in [0.25, 0.3) is 11.1 Å². The number of benzene rings is 1. The second-order valence-corrected chi connectivity index (χ2v) is 4.12. The molecule has 1 aromatic carbocycles. The van der Waals surface area contributed by atoms with Crippen molar-refractivity contribution in [1.82, 2.24) is 4.98 Å². The number of aromatic carboxylic acids is 1. The predicted molar refractivity (Wildman–Crippen MR) is 72.3 cm³/mol. The van der Waals surface area contributed by atoms with Crippen molar-refractivity contribution in [2.24, 2.45) is 0 Å². The van der Waals surface area contributed by atoms with Crippen LogP contribution in [0.1, 0.15) is 20.8 Å². The van der Waals surface area contributed by atoms with Gasteiger partial charge in [0.1, 0.15) is 11.6 Å². The molecule has 0 fully saturated rings. The average molecular weight is 290 g/mol. The number of halogens is 1. The first kappa shape index (κ1) is 14.4. The smallest absolute Gasteiger partial charge is 0.355 e. The van der Waals surface area contributed by atoms with Crippen molar-refractivity contribution >= 4 is 17.8 Å². The summed E-state index contributed by atoms with van der Waals surface area (Å²) in [6, 6.07) is 6.34. The highest BCUT2D eigenvalue weighted by molar-refractivity contribution is 5.95. The molecule has 21 heavy (non-hydrogen) atoms. The fraction of sp³-hybridized carbons (Fsp3) is 0.0714. The lowest BCUT2D eigenvalue weighted by molar-refractivity contribution is 0.0599. The van der Waals surface area contributed by atoms with E-state index in [1.54, 1.807) is 0 Å². The molecular weight excluding hydrogens is 279 g/mol. The van der Waals surface area contributed by atoms with Crippen LogP contribution in [0.15, 0.2) is 30.3 Å². The molecule has 3 N–H and O–H groups in total. The molecule has 0 spiro atoms. The Labute approximate surface area is 119 Å². The quantitative estimate of drug-likeness (QED) is 0.838. The van der Waals surface area contributed by atoms with E-state index < -0.39 is 17.8 Å². The molecule has 0 saturated heterocycles. The Morgan fingerprint density at radius 1 is 1.24 bits per heavy atom. The first-order valence-electron chi connectivity index (χ1n) is 5.82. The molecule has 1 aromatic heterocycles. The van der Waals surface area contributed by atoms with E-state index >= 15 is 0 Å². The minimum Gasteiger partial charge on any atom is -0.476 e. The molecule has 1 heterocycles. The third-order valence-corrected chi connectivity index (χ3v) is 2.80. The summed E-state index contributed by atoms with van der Waals surface area (Å²) >= 11 is 0. The monoisotopic (exact) mass is 290 g/mol. The van der Waals surface area contributed by atoms with Crippen molar-refractivity contribution < 1.29 is 23.8 Å². The Kier molecular flexibility index (Phi) is 3.84. The molecule has 0 saturated carbocycles. The fourth-order valence-electron chi connectivity index (χ4n) is 1.83. The van der Waals surface area contributed by atoms with Crippen LogP contribution in [-0.4, -0.2) is 29.1 Å². The van der Waals surface area contributed by atoms with Crippen LogP contribution in [0, 0.1) is 5.82 Å². The number of carbonyl (C=O) groups is 2. The number of nitrogens with zero attached hydrogens (tertiary/aromatic N) is 1. The summed E-state index contributed by atoms with van der Waals surface area (Å²) in [6.45, 7) is 0. The largest absolute Gasteiger partial charge is 0.476 e. The number of ether oxygens (including phenoxy) is 1. The van der Waals surface area contributed by atoms with Crippen molar-refractivity contribution in [2.45, 2.75) is 0 Å². The van der Waals surface area contributed by atoms with Crippen LogP contribution in [0.4, 0.5) is 10.2 Å². The number of pyridine rings is 1. The molecule has 0 aliphatic rings. The molecule has 0 aliphatic carbocycles. The zero-order chi connectivity index (χ0) is 15.6. The second kappa shape index (κ2) is 5.58. The summed E-state index contributed by atoms with van der Waals surface area (Å²) in [5, 5.41) is 9.11. The average Bonchev–Trinajstić information content (AvgIpc) is 2.46. The molecule has 0 amide bonds. The number of nitrogen functional groups attached to an aromatic ring is 1. The molecule has 0 atom stereocenters. The van der Waals surface area contributed by atoms with Gasteiger partial charge in [-0.05, 0) is 24.3 Å². The van der Waals surface area contributed by atoms with Gasteiger partial charge in [-0.3, -0.25) is 0 Å². The summed E-state index contributed by atoms with van der Waals surface area (Å²) in [5.41, 5.74) is 5.18. The molecule has 0 bridgehead atoms. The van der Waals surface area contributed by atoms with E-state index in [4.69, 9.17) is 10.8 Å². The third kappa shape index (κ3) is 2.81. The molecular formula is C14H11FN2O4. The van der Waals surface area contributed by atoms with Gasteiger partial charge in [0.25, 0.3) is 0 Å². The molecule has 6 nitrogen and oxygen atoms in total. The van der Waals surface area contributed by atoms with E-state index in [2.05, 4.69) is 9.72 Å². The maximum atomic E-state index is 14.1. The van der Waals surface area contributed by atoms with Gasteiger partial charge in [-0.1, -0.05) is 6.07 Å². The fourth-order valence-corrected chi connectivity index (χ4v) is 1.83. The highest BCUT2D eigenvalue weighted by atomic mass is 19.1. The summed E-state index contributed by atoms with van der Waals surface area (Å²) in [4.78, 5) is 26.2. The summed E-state index contributed by atoms with van der Waals surface area (Å²) < 4.78 is 18.6. The van der Waals surface area contributed by atoms with Gasteiger partial charge in [0.2, 0.25) is 0 Å². The second-order valence-electron chi connectivity index (χ2n) is 4.12. The lowest BCUT2D eigenvalue weighted by atomic mass is 10.0. The van der Waals surface area contributed by atoms with Gasteiger partial charge in [0.05, 0.1) is 12.7 Å². The first-order chi connectivity index (χ1) is 9.93. The number of hydrogen-bond acceptors (Lipinski definition) is 5. The lowest BCUT2D eigenvalue weighted by Crippen LogP contribution is -2.07. The number of anilines is 1. The van der Waals surface area contributed by atoms with Crippen molar-refractivity contribution in [2.75, 3.05) is 12.8 Å². The number of aromatic nitrogens is 1. The molecule has 0 radical (unpaired) electrons. The number of methoxy groups -OCH3 is 1. The Hall–Kier alpha value is -2.96. The molecule has 0 aliphatic heterocycles. The van der Waals surface area contributed by atoms with E-state index in [-0.39, 0.29) is 28.2 Å². The van der Waals surface area contributed by atoms with Crippen LogP contribution >= 0.6 is 0 Å². The van der Waals surface area contributed by atoms with Crippen LogP contribution in [0.2, 0.25) is 0 Å². The van der Waals surface area contributed by atoms with E-state index in [0.29, 0.717) is 0 Å². The molecule has 2 rings (SSSR count). The molecule has 2 aromatic rings. The predicted octanol–water partition coefficient (Wildman–Crippen LogP) is 1.95. The Morgan fingerprint density at radius 2 is 1.90 bits per heavy atom. The van der Waals surface area contributed by atoms with Gasteiger partial charge in [-0.2, -0.15) is 0 Å². The summed E-state index contributed by atoms with van der Waals surface area (Å²) in [7, 11) is 1.18.